The van der Waals surface area contributed by atoms with Gasteiger partial charge in [0.05, 0.1) is 5.52 Å². The molecule has 0 spiro atoms. The summed E-state index contributed by atoms with van der Waals surface area (Å²) in [6, 6.07) is 10.3. The van der Waals surface area contributed by atoms with Gasteiger partial charge in [0.15, 0.2) is 5.82 Å². The molecule has 0 atom stereocenters. The molecule has 5 heteroatoms. The average Bonchev–Trinajstić information content (AvgIpc) is 3.15. The molecule has 0 saturated carbocycles. The van der Waals surface area contributed by atoms with Gasteiger partial charge in [0.2, 0.25) is 0 Å². The van der Waals surface area contributed by atoms with Crippen LogP contribution in [0.4, 0.5) is 5.82 Å². The van der Waals surface area contributed by atoms with Crippen molar-refractivity contribution in [2.24, 2.45) is 5.92 Å². The van der Waals surface area contributed by atoms with E-state index in [1.165, 1.54) is 0 Å². The number of piperidine rings is 1. The van der Waals surface area contributed by atoms with Crippen LogP contribution in [0.3, 0.4) is 0 Å². The molecule has 1 aliphatic rings. The van der Waals surface area contributed by atoms with Gasteiger partial charge in [0.25, 0.3) is 0 Å². The summed E-state index contributed by atoms with van der Waals surface area (Å²) in [6.07, 6.45) is 2.03. The number of para-hydroxylation sites is 1. The van der Waals surface area contributed by atoms with Crippen LogP contribution < -0.4 is 4.90 Å². The van der Waals surface area contributed by atoms with Gasteiger partial charge in [-0.05, 0) is 42.3 Å². The van der Waals surface area contributed by atoms with E-state index in [0.717, 1.165) is 54.0 Å². The fraction of sp³-hybridized carbons (Fsp3) is 0.333. The molecule has 1 saturated heterocycles. The first kappa shape index (κ1) is 14.6. The van der Waals surface area contributed by atoms with Crippen molar-refractivity contribution in [1.29, 1.82) is 0 Å². The molecule has 23 heavy (non-hydrogen) atoms. The van der Waals surface area contributed by atoms with E-state index in [1.807, 2.05) is 12.1 Å². The maximum Gasteiger partial charge on any atom is 0.162 e. The summed E-state index contributed by atoms with van der Waals surface area (Å²) in [5.74, 6) is 2.24. The summed E-state index contributed by atoms with van der Waals surface area (Å²) in [5, 5.41) is 14.6. The maximum absolute atomic E-state index is 9.35. The summed E-state index contributed by atoms with van der Waals surface area (Å²) < 4.78 is 0. The predicted octanol–water partition coefficient (Wildman–Crippen LogP) is 3.57. The van der Waals surface area contributed by atoms with E-state index in [-0.39, 0.29) is 0 Å². The number of nitrogens with zero attached hydrogens (tertiary/aromatic N) is 3. The minimum atomic E-state index is 0.290. The van der Waals surface area contributed by atoms with Gasteiger partial charge in [-0.3, -0.25) is 0 Å². The van der Waals surface area contributed by atoms with E-state index < -0.39 is 0 Å². The van der Waals surface area contributed by atoms with Crippen LogP contribution in [0.5, 0.6) is 0 Å². The number of aromatic nitrogens is 2. The van der Waals surface area contributed by atoms with Crippen LogP contribution in [0.2, 0.25) is 0 Å². The van der Waals surface area contributed by atoms with Crippen molar-refractivity contribution in [3.8, 4) is 11.4 Å². The Labute approximate surface area is 139 Å². The molecule has 1 N–H and O–H groups in total. The third-order valence-electron chi connectivity index (χ3n) is 4.53. The quantitative estimate of drug-likeness (QED) is 0.800. The number of hydrogen-bond donors (Lipinski definition) is 1. The molecule has 0 bridgehead atoms. The molecule has 4 nitrogen and oxygen atoms in total. The molecular weight excluding hydrogens is 306 g/mol. The second-order valence-electron chi connectivity index (χ2n) is 6.01. The largest absolute Gasteiger partial charge is 0.396 e. The second kappa shape index (κ2) is 6.26. The first-order valence-electron chi connectivity index (χ1n) is 8.00. The lowest BCUT2D eigenvalue weighted by Gasteiger charge is -2.32. The molecule has 3 aromatic rings. The Morgan fingerprint density at radius 1 is 1.13 bits per heavy atom. The van der Waals surface area contributed by atoms with Crippen LogP contribution in [0, 0.1) is 5.92 Å². The molecule has 2 aromatic heterocycles. The van der Waals surface area contributed by atoms with Crippen molar-refractivity contribution < 1.29 is 5.11 Å². The van der Waals surface area contributed by atoms with Gasteiger partial charge in [-0.1, -0.05) is 12.1 Å². The normalized spacial score (nSPS) is 16.1. The number of aliphatic hydroxyl groups is 1. The van der Waals surface area contributed by atoms with Crippen LogP contribution in [-0.4, -0.2) is 34.8 Å². The van der Waals surface area contributed by atoms with Gasteiger partial charge in [-0.25, -0.2) is 9.97 Å². The maximum atomic E-state index is 9.35. The number of aliphatic hydroxyl groups excluding tert-OH is 1. The predicted molar refractivity (Wildman–Crippen MR) is 94.9 cm³/mol. The van der Waals surface area contributed by atoms with Crippen LogP contribution in [-0.2, 0) is 0 Å². The molecule has 1 aromatic carbocycles. The molecule has 118 valence electrons. The van der Waals surface area contributed by atoms with Gasteiger partial charge in [0, 0.05) is 36.0 Å². The van der Waals surface area contributed by atoms with E-state index in [2.05, 4.69) is 33.9 Å². The third-order valence-corrected chi connectivity index (χ3v) is 5.22. The smallest absolute Gasteiger partial charge is 0.162 e. The molecule has 0 unspecified atom stereocenters. The van der Waals surface area contributed by atoms with Gasteiger partial charge < -0.3 is 10.0 Å². The molecule has 1 aliphatic heterocycles. The Balaban J connectivity index is 1.78. The first-order chi connectivity index (χ1) is 11.3. The molecule has 4 rings (SSSR count). The van der Waals surface area contributed by atoms with Crippen molar-refractivity contribution in [3.05, 3.63) is 41.1 Å². The van der Waals surface area contributed by atoms with Crippen molar-refractivity contribution >= 4 is 28.1 Å². The monoisotopic (exact) mass is 325 g/mol. The number of benzene rings is 1. The van der Waals surface area contributed by atoms with Crippen molar-refractivity contribution in [1.82, 2.24) is 9.97 Å². The zero-order valence-corrected chi connectivity index (χ0v) is 13.7. The fourth-order valence-corrected chi connectivity index (χ4v) is 3.78. The minimum Gasteiger partial charge on any atom is -0.396 e. The first-order valence-corrected chi connectivity index (χ1v) is 8.94. The average molecular weight is 325 g/mol. The summed E-state index contributed by atoms with van der Waals surface area (Å²) >= 11 is 1.66. The molecule has 0 amide bonds. The van der Waals surface area contributed by atoms with Crippen LogP contribution in [0.15, 0.2) is 41.1 Å². The summed E-state index contributed by atoms with van der Waals surface area (Å²) in [5.41, 5.74) is 2.07. The lowest BCUT2D eigenvalue weighted by Crippen LogP contribution is -2.35. The van der Waals surface area contributed by atoms with Crippen LogP contribution >= 0.6 is 11.3 Å². The minimum absolute atomic E-state index is 0.290. The highest BCUT2D eigenvalue weighted by atomic mass is 32.1. The molecule has 0 aliphatic carbocycles. The summed E-state index contributed by atoms with van der Waals surface area (Å²) in [6.45, 7) is 2.17. The summed E-state index contributed by atoms with van der Waals surface area (Å²) in [7, 11) is 0. The Kier molecular flexibility index (Phi) is 3.97. The van der Waals surface area contributed by atoms with Crippen molar-refractivity contribution in [3.63, 3.8) is 0 Å². The standard InChI is InChI=1S/C18H19N3OS/c22-11-13-5-8-21(9-6-13)18-15-3-1-2-4-16(15)19-17(20-18)14-7-10-23-12-14/h1-4,7,10,12-13,22H,5-6,8-9,11H2. The Hall–Kier alpha value is -1.98. The number of fused-ring (bicyclic) bond motifs is 1. The van der Waals surface area contributed by atoms with Crippen LogP contribution in [0.25, 0.3) is 22.3 Å². The Morgan fingerprint density at radius 2 is 1.96 bits per heavy atom. The Bertz CT molecular complexity index is 795. The second-order valence-corrected chi connectivity index (χ2v) is 6.79. The number of thiophene rings is 1. The zero-order valence-electron chi connectivity index (χ0n) is 12.9. The van der Waals surface area contributed by atoms with E-state index in [4.69, 9.17) is 9.97 Å². The topological polar surface area (TPSA) is 49.2 Å². The molecule has 1 fully saturated rings. The SMILES string of the molecule is OCC1CCN(c2nc(-c3ccsc3)nc3ccccc23)CC1. The zero-order chi connectivity index (χ0) is 15.6. The highest BCUT2D eigenvalue weighted by molar-refractivity contribution is 7.08. The van der Waals surface area contributed by atoms with E-state index in [0.29, 0.717) is 12.5 Å². The number of anilines is 1. The van der Waals surface area contributed by atoms with E-state index in [9.17, 15) is 5.11 Å². The third kappa shape index (κ3) is 2.82. The molecule has 3 heterocycles. The fourth-order valence-electron chi connectivity index (χ4n) is 3.15. The van der Waals surface area contributed by atoms with Crippen LogP contribution in [0.1, 0.15) is 12.8 Å². The van der Waals surface area contributed by atoms with Crippen molar-refractivity contribution in [2.45, 2.75) is 12.8 Å². The Morgan fingerprint density at radius 3 is 2.70 bits per heavy atom. The highest BCUT2D eigenvalue weighted by Crippen LogP contribution is 2.30. The van der Waals surface area contributed by atoms with Gasteiger partial charge in [-0.2, -0.15) is 11.3 Å². The molecular formula is C18H19N3OS. The van der Waals surface area contributed by atoms with Gasteiger partial charge in [-0.15, -0.1) is 0 Å². The van der Waals surface area contributed by atoms with Gasteiger partial charge in [0.1, 0.15) is 5.82 Å². The lowest BCUT2D eigenvalue weighted by molar-refractivity contribution is 0.203. The lowest BCUT2D eigenvalue weighted by atomic mass is 9.97. The summed E-state index contributed by atoms with van der Waals surface area (Å²) in [4.78, 5) is 11.9. The van der Waals surface area contributed by atoms with E-state index >= 15 is 0 Å². The number of rotatable bonds is 3. The highest BCUT2D eigenvalue weighted by Gasteiger charge is 2.22. The van der Waals surface area contributed by atoms with Crippen molar-refractivity contribution in [2.75, 3.05) is 24.6 Å². The number of hydrogen-bond acceptors (Lipinski definition) is 5. The molecule has 0 radical (unpaired) electrons. The van der Waals surface area contributed by atoms with Gasteiger partial charge >= 0.3 is 0 Å². The van der Waals surface area contributed by atoms with E-state index in [1.54, 1.807) is 11.3 Å².